The number of benzene rings is 2. The highest BCUT2D eigenvalue weighted by atomic mass is 19.1. The molecule has 0 aromatic heterocycles. The number of aryl methyl sites for hydroxylation is 1. The summed E-state index contributed by atoms with van der Waals surface area (Å²) in [4.78, 5) is 15.2. The maximum absolute atomic E-state index is 13.9. The molecule has 31 heavy (non-hydrogen) atoms. The fourth-order valence-corrected chi connectivity index (χ4v) is 5.74. The van der Waals surface area contributed by atoms with Crippen LogP contribution >= 0.6 is 0 Å². The van der Waals surface area contributed by atoms with E-state index < -0.39 is 0 Å². The molecule has 0 radical (unpaired) electrons. The third-order valence-electron chi connectivity index (χ3n) is 7.37. The van der Waals surface area contributed by atoms with E-state index in [9.17, 15) is 9.18 Å². The van der Waals surface area contributed by atoms with Crippen LogP contribution in [0.3, 0.4) is 0 Å². The Labute approximate surface area is 183 Å². The summed E-state index contributed by atoms with van der Waals surface area (Å²) in [6.45, 7) is 9.38. The lowest BCUT2D eigenvalue weighted by atomic mass is 9.85. The van der Waals surface area contributed by atoms with Crippen molar-refractivity contribution in [1.82, 2.24) is 10.2 Å². The van der Waals surface area contributed by atoms with Gasteiger partial charge in [-0.25, -0.2) is 9.18 Å². The quantitative estimate of drug-likeness (QED) is 0.735. The van der Waals surface area contributed by atoms with Crippen LogP contribution < -0.4 is 5.32 Å². The maximum Gasteiger partial charge on any atom is 0.407 e. The zero-order chi connectivity index (χ0) is 21.8. The van der Waals surface area contributed by atoms with Crippen molar-refractivity contribution in [3.8, 4) is 11.1 Å². The summed E-state index contributed by atoms with van der Waals surface area (Å²) in [6.07, 6.45) is 2.80. The Hall–Kier alpha value is -2.40. The molecular weight excluding hydrogens is 391 g/mol. The first-order chi connectivity index (χ1) is 14.8. The molecule has 1 amide bonds. The van der Waals surface area contributed by atoms with Crippen LogP contribution in [0, 0.1) is 24.1 Å². The standard InChI is InChI=1S/C26H31FN2O2/c1-16-10-19(13-21(27)11-16)18-4-5-22-20(12-18)14-26(2,3)24(22)28-25(30)31-23-15-29-8-6-17(23)7-9-29/h4-5,10-13,17,23-24H,6-9,14-15H2,1-3H3,(H,28,30)/t23-,24?/m0/s1. The molecule has 5 heteroatoms. The van der Waals surface area contributed by atoms with Crippen molar-refractivity contribution >= 4 is 6.09 Å². The van der Waals surface area contributed by atoms with Crippen LogP contribution in [0.2, 0.25) is 0 Å². The summed E-state index contributed by atoms with van der Waals surface area (Å²) in [5.41, 5.74) is 5.02. The minimum atomic E-state index is -0.311. The summed E-state index contributed by atoms with van der Waals surface area (Å²) in [6, 6.07) is 11.3. The first-order valence-corrected chi connectivity index (χ1v) is 11.4. The van der Waals surface area contributed by atoms with Crippen molar-refractivity contribution in [2.75, 3.05) is 19.6 Å². The largest absolute Gasteiger partial charge is 0.445 e. The highest BCUT2D eigenvalue weighted by Crippen LogP contribution is 2.46. The number of ether oxygens (including phenoxy) is 1. The number of amides is 1. The lowest BCUT2D eigenvalue weighted by Crippen LogP contribution is -2.53. The molecule has 164 valence electrons. The SMILES string of the molecule is Cc1cc(F)cc(-c2ccc3c(c2)CC(C)(C)C3NC(=O)O[C@H]2CN3CCC2CC3)c1. The highest BCUT2D eigenvalue weighted by molar-refractivity contribution is 5.70. The van der Waals surface area contributed by atoms with Gasteiger partial charge in [-0.3, -0.25) is 4.90 Å². The van der Waals surface area contributed by atoms with Gasteiger partial charge in [-0.15, -0.1) is 0 Å². The molecule has 1 aliphatic carbocycles. The first-order valence-electron chi connectivity index (χ1n) is 11.4. The second-order valence-electron chi connectivity index (χ2n) is 10.3. The molecule has 2 bridgehead atoms. The number of carbonyl (C=O) groups excluding carboxylic acids is 1. The van der Waals surface area contributed by atoms with Crippen LogP contribution in [0.15, 0.2) is 36.4 Å². The van der Waals surface area contributed by atoms with Crippen molar-refractivity contribution in [2.24, 2.45) is 11.3 Å². The number of alkyl carbamates (subject to hydrolysis) is 1. The maximum atomic E-state index is 13.9. The van der Waals surface area contributed by atoms with E-state index in [2.05, 4.69) is 36.2 Å². The van der Waals surface area contributed by atoms with Crippen molar-refractivity contribution in [2.45, 2.75) is 52.2 Å². The second kappa shape index (κ2) is 7.63. The van der Waals surface area contributed by atoms with Crippen molar-refractivity contribution < 1.29 is 13.9 Å². The van der Waals surface area contributed by atoms with Gasteiger partial charge in [0.05, 0.1) is 6.04 Å². The minimum Gasteiger partial charge on any atom is -0.445 e. The van der Waals surface area contributed by atoms with E-state index >= 15 is 0 Å². The van der Waals surface area contributed by atoms with Crippen LogP contribution in [0.25, 0.3) is 11.1 Å². The fraction of sp³-hybridized carbons (Fsp3) is 0.500. The van der Waals surface area contributed by atoms with Crippen LogP contribution in [0.4, 0.5) is 9.18 Å². The van der Waals surface area contributed by atoms with Gasteiger partial charge < -0.3 is 10.1 Å². The summed E-state index contributed by atoms with van der Waals surface area (Å²) >= 11 is 0. The number of hydrogen-bond acceptors (Lipinski definition) is 3. The third-order valence-corrected chi connectivity index (χ3v) is 7.37. The van der Waals surface area contributed by atoms with Crippen molar-refractivity contribution in [1.29, 1.82) is 0 Å². The van der Waals surface area contributed by atoms with Gasteiger partial charge in [-0.2, -0.15) is 0 Å². The van der Waals surface area contributed by atoms with Gasteiger partial charge >= 0.3 is 6.09 Å². The topological polar surface area (TPSA) is 41.6 Å². The summed E-state index contributed by atoms with van der Waals surface area (Å²) in [5.74, 6) is 0.280. The van der Waals surface area contributed by atoms with Gasteiger partial charge in [0, 0.05) is 6.54 Å². The van der Waals surface area contributed by atoms with Crippen molar-refractivity contribution in [3.63, 3.8) is 0 Å². The first kappa shape index (κ1) is 20.5. The number of nitrogens with one attached hydrogen (secondary N) is 1. The van der Waals surface area contributed by atoms with Gasteiger partial charge in [0.2, 0.25) is 0 Å². The smallest absolute Gasteiger partial charge is 0.407 e. The molecule has 0 saturated carbocycles. The highest BCUT2D eigenvalue weighted by Gasteiger charge is 2.42. The van der Waals surface area contributed by atoms with E-state index in [1.54, 1.807) is 12.1 Å². The Bertz CT molecular complexity index is 990. The number of piperidine rings is 3. The molecule has 2 aromatic rings. The summed E-state index contributed by atoms with van der Waals surface area (Å²) in [7, 11) is 0. The Kier molecular flexibility index (Phi) is 5.04. The molecule has 1 unspecified atom stereocenters. The van der Waals surface area contributed by atoms with Crippen molar-refractivity contribution in [3.05, 3.63) is 58.9 Å². The number of rotatable bonds is 3. The molecule has 6 rings (SSSR count). The van der Waals surface area contributed by atoms with Crippen LogP contribution in [-0.4, -0.2) is 36.7 Å². The normalized spacial score (nSPS) is 28.3. The number of hydrogen-bond donors (Lipinski definition) is 1. The minimum absolute atomic E-state index is 0.00470. The number of nitrogens with zero attached hydrogens (tertiary/aromatic N) is 1. The molecule has 3 aliphatic heterocycles. The Morgan fingerprint density at radius 1 is 1.13 bits per heavy atom. The predicted molar refractivity (Wildman–Crippen MR) is 119 cm³/mol. The van der Waals surface area contributed by atoms with E-state index in [0.29, 0.717) is 5.92 Å². The number of halogens is 1. The summed E-state index contributed by atoms with van der Waals surface area (Å²) in [5, 5.41) is 3.17. The van der Waals surface area contributed by atoms with Gasteiger partial charge in [0.15, 0.2) is 0 Å². The lowest BCUT2D eigenvalue weighted by Gasteiger charge is -2.44. The van der Waals surface area contributed by atoms with Gasteiger partial charge in [0.1, 0.15) is 11.9 Å². The average Bonchev–Trinajstić information content (AvgIpc) is 2.97. The Balaban J connectivity index is 1.34. The van der Waals surface area contributed by atoms with E-state index in [0.717, 1.165) is 61.2 Å². The zero-order valence-electron chi connectivity index (χ0n) is 18.6. The van der Waals surface area contributed by atoms with Gasteiger partial charge in [-0.05, 0) is 90.6 Å². The Morgan fingerprint density at radius 3 is 2.58 bits per heavy atom. The fourth-order valence-electron chi connectivity index (χ4n) is 5.74. The van der Waals surface area contributed by atoms with Crippen LogP contribution in [0.5, 0.6) is 0 Å². The number of fused-ring (bicyclic) bond motifs is 4. The third kappa shape index (κ3) is 3.96. The average molecular weight is 423 g/mol. The molecule has 2 aromatic carbocycles. The van der Waals surface area contributed by atoms with E-state index in [-0.39, 0.29) is 29.5 Å². The monoisotopic (exact) mass is 422 g/mol. The molecule has 3 heterocycles. The molecular formula is C26H31FN2O2. The second-order valence-corrected chi connectivity index (χ2v) is 10.3. The summed E-state index contributed by atoms with van der Waals surface area (Å²) < 4.78 is 19.8. The van der Waals surface area contributed by atoms with Crippen LogP contribution in [-0.2, 0) is 11.2 Å². The molecule has 2 atom stereocenters. The van der Waals surface area contributed by atoms with Gasteiger partial charge in [-0.1, -0.05) is 38.1 Å². The molecule has 3 saturated heterocycles. The zero-order valence-corrected chi connectivity index (χ0v) is 18.6. The molecule has 4 nitrogen and oxygen atoms in total. The van der Waals surface area contributed by atoms with Crippen LogP contribution in [0.1, 0.15) is 49.4 Å². The predicted octanol–water partition coefficient (Wildman–Crippen LogP) is 5.24. The molecule has 0 spiro atoms. The van der Waals surface area contributed by atoms with E-state index in [1.165, 1.54) is 5.56 Å². The number of carbonyl (C=O) groups is 1. The molecule has 4 aliphatic rings. The lowest BCUT2D eigenvalue weighted by molar-refractivity contribution is -0.0348. The molecule has 1 N–H and O–H groups in total. The van der Waals surface area contributed by atoms with Gasteiger partial charge in [0.25, 0.3) is 0 Å². The molecule has 3 fully saturated rings. The Morgan fingerprint density at radius 2 is 1.90 bits per heavy atom. The van der Waals surface area contributed by atoms with E-state index in [1.807, 2.05) is 19.1 Å². The van der Waals surface area contributed by atoms with E-state index in [4.69, 9.17) is 4.74 Å².